The Bertz CT molecular complexity index is 502. The van der Waals surface area contributed by atoms with Crippen LogP contribution in [0.4, 0.5) is 5.69 Å². The average Bonchev–Trinajstić information content (AvgIpc) is 2.62. The molecular weight excluding hydrogens is 214 g/mol. The number of hydrogen-bond acceptors (Lipinski definition) is 3. The maximum atomic E-state index is 10.1. The van der Waals surface area contributed by atoms with Gasteiger partial charge < -0.3 is 15.4 Å². The molecule has 0 aliphatic rings. The van der Waals surface area contributed by atoms with Crippen LogP contribution >= 0.6 is 0 Å². The summed E-state index contributed by atoms with van der Waals surface area (Å²) in [6, 6.07) is 7.29. The van der Waals surface area contributed by atoms with Gasteiger partial charge in [0.25, 0.3) is 0 Å². The number of aliphatic hydroxyl groups excluding tert-OH is 1. The molecular formula is C13H17N3O. The number of anilines is 1. The molecule has 1 atom stereocenters. The van der Waals surface area contributed by atoms with Crippen LogP contribution in [-0.4, -0.2) is 14.7 Å². The summed E-state index contributed by atoms with van der Waals surface area (Å²) in [5, 5.41) is 10.1. The molecule has 1 unspecified atom stereocenters. The number of hydrogen-bond donors (Lipinski definition) is 2. The second-order valence-corrected chi connectivity index (χ2v) is 4.25. The van der Waals surface area contributed by atoms with E-state index in [4.69, 9.17) is 5.73 Å². The summed E-state index contributed by atoms with van der Waals surface area (Å²) in [5.41, 5.74) is 9.26. The highest BCUT2D eigenvalue weighted by molar-refractivity contribution is 5.39. The van der Waals surface area contributed by atoms with Crippen molar-refractivity contribution in [2.45, 2.75) is 26.5 Å². The lowest BCUT2D eigenvalue weighted by Gasteiger charge is -2.13. The molecule has 1 heterocycles. The lowest BCUT2D eigenvalue weighted by molar-refractivity contribution is 0.155. The molecule has 17 heavy (non-hydrogen) atoms. The van der Waals surface area contributed by atoms with E-state index in [0.29, 0.717) is 12.2 Å². The maximum absolute atomic E-state index is 10.1. The highest BCUT2D eigenvalue weighted by Crippen LogP contribution is 2.18. The van der Waals surface area contributed by atoms with Crippen molar-refractivity contribution in [1.29, 1.82) is 0 Å². The zero-order valence-corrected chi connectivity index (χ0v) is 10.1. The summed E-state index contributed by atoms with van der Waals surface area (Å²) >= 11 is 0. The van der Waals surface area contributed by atoms with E-state index in [1.807, 2.05) is 30.5 Å². The van der Waals surface area contributed by atoms with E-state index in [2.05, 4.69) is 4.98 Å². The largest absolute Gasteiger partial charge is 0.399 e. The van der Waals surface area contributed by atoms with Crippen LogP contribution in [0, 0.1) is 13.8 Å². The highest BCUT2D eigenvalue weighted by Gasteiger charge is 2.10. The van der Waals surface area contributed by atoms with Crippen LogP contribution < -0.4 is 5.73 Å². The zero-order valence-electron chi connectivity index (χ0n) is 10.1. The molecule has 3 N–H and O–H groups in total. The summed E-state index contributed by atoms with van der Waals surface area (Å²) in [6.07, 6.45) is 1.22. The van der Waals surface area contributed by atoms with Crippen molar-refractivity contribution in [2.75, 3.05) is 5.73 Å². The maximum Gasteiger partial charge on any atom is 0.0969 e. The lowest BCUT2D eigenvalue weighted by Crippen LogP contribution is -2.09. The molecule has 0 amide bonds. The molecule has 0 saturated heterocycles. The summed E-state index contributed by atoms with van der Waals surface area (Å²) in [5.74, 6) is 0. The molecule has 0 bridgehead atoms. The van der Waals surface area contributed by atoms with Crippen LogP contribution in [0.3, 0.4) is 0 Å². The molecule has 4 nitrogen and oxygen atoms in total. The Kier molecular flexibility index (Phi) is 3.15. The van der Waals surface area contributed by atoms with Gasteiger partial charge in [0.15, 0.2) is 0 Å². The molecule has 1 aromatic carbocycles. The Morgan fingerprint density at radius 1 is 1.29 bits per heavy atom. The Labute approximate surface area is 101 Å². The third-order valence-corrected chi connectivity index (χ3v) is 3.04. The molecule has 2 aromatic rings. The van der Waals surface area contributed by atoms with Gasteiger partial charge in [0, 0.05) is 11.4 Å². The topological polar surface area (TPSA) is 64.1 Å². The van der Waals surface area contributed by atoms with Gasteiger partial charge in [0.1, 0.15) is 0 Å². The van der Waals surface area contributed by atoms with Crippen molar-refractivity contribution in [2.24, 2.45) is 0 Å². The smallest absolute Gasteiger partial charge is 0.0969 e. The zero-order chi connectivity index (χ0) is 12.4. The number of aromatic nitrogens is 2. The second-order valence-electron chi connectivity index (χ2n) is 4.25. The summed E-state index contributed by atoms with van der Waals surface area (Å²) in [6.45, 7) is 4.47. The van der Waals surface area contributed by atoms with Gasteiger partial charge in [-0.15, -0.1) is 0 Å². The summed E-state index contributed by atoms with van der Waals surface area (Å²) < 4.78 is 1.95. The number of nitrogen functional groups attached to an aromatic ring is 1. The minimum absolute atomic E-state index is 0.511. The number of imidazole rings is 1. The van der Waals surface area contributed by atoms with Gasteiger partial charge >= 0.3 is 0 Å². The third kappa shape index (κ3) is 2.47. The number of nitrogens with two attached hydrogens (primary N) is 1. The van der Waals surface area contributed by atoms with E-state index in [1.165, 1.54) is 0 Å². The van der Waals surface area contributed by atoms with E-state index in [-0.39, 0.29) is 0 Å². The fourth-order valence-electron chi connectivity index (χ4n) is 1.74. The van der Waals surface area contributed by atoms with Crippen LogP contribution in [0.15, 0.2) is 30.6 Å². The molecule has 0 aliphatic heterocycles. The number of rotatable bonds is 3. The Balaban J connectivity index is 2.14. The SMILES string of the molecule is Cc1ncn(CC(O)c2ccc(N)cc2)c1C. The van der Waals surface area contributed by atoms with Crippen LogP contribution in [0.25, 0.3) is 0 Å². The summed E-state index contributed by atoms with van der Waals surface area (Å²) in [4.78, 5) is 4.21. The van der Waals surface area contributed by atoms with E-state index < -0.39 is 6.10 Å². The van der Waals surface area contributed by atoms with E-state index in [1.54, 1.807) is 18.5 Å². The van der Waals surface area contributed by atoms with Crippen molar-refractivity contribution < 1.29 is 5.11 Å². The molecule has 4 heteroatoms. The van der Waals surface area contributed by atoms with Crippen LogP contribution in [0.1, 0.15) is 23.1 Å². The normalized spacial score (nSPS) is 12.6. The standard InChI is InChI=1S/C13H17N3O/c1-9-10(2)16(8-15-9)7-13(17)11-3-5-12(14)6-4-11/h3-6,8,13,17H,7,14H2,1-2H3. The molecule has 0 aliphatic carbocycles. The third-order valence-electron chi connectivity index (χ3n) is 3.04. The van der Waals surface area contributed by atoms with Crippen molar-refractivity contribution >= 4 is 5.69 Å². The van der Waals surface area contributed by atoms with Crippen molar-refractivity contribution in [3.8, 4) is 0 Å². The molecule has 0 spiro atoms. The molecule has 0 radical (unpaired) electrons. The quantitative estimate of drug-likeness (QED) is 0.792. The lowest BCUT2D eigenvalue weighted by atomic mass is 10.1. The molecule has 0 fully saturated rings. The average molecular weight is 231 g/mol. The van der Waals surface area contributed by atoms with Gasteiger partial charge in [0.2, 0.25) is 0 Å². The van der Waals surface area contributed by atoms with Crippen LogP contribution in [0.2, 0.25) is 0 Å². The number of nitrogens with zero attached hydrogens (tertiary/aromatic N) is 2. The van der Waals surface area contributed by atoms with E-state index >= 15 is 0 Å². The van der Waals surface area contributed by atoms with Gasteiger partial charge in [-0.25, -0.2) is 4.98 Å². The van der Waals surface area contributed by atoms with Crippen molar-refractivity contribution in [1.82, 2.24) is 9.55 Å². The molecule has 90 valence electrons. The predicted octanol–water partition coefficient (Wildman–Crippen LogP) is 1.82. The first kappa shape index (κ1) is 11.7. The van der Waals surface area contributed by atoms with Gasteiger partial charge in [-0.05, 0) is 31.5 Å². The summed E-state index contributed by atoms with van der Waals surface area (Å²) in [7, 11) is 0. The van der Waals surface area contributed by atoms with E-state index in [9.17, 15) is 5.11 Å². The second kappa shape index (κ2) is 4.59. The minimum Gasteiger partial charge on any atom is -0.399 e. The van der Waals surface area contributed by atoms with Gasteiger partial charge in [0.05, 0.1) is 24.7 Å². The van der Waals surface area contributed by atoms with Gasteiger partial charge in [-0.1, -0.05) is 12.1 Å². The Hall–Kier alpha value is -1.81. The molecule has 1 aromatic heterocycles. The van der Waals surface area contributed by atoms with Crippen LogP contribution in [0.5, 0.6) is 0 Å². The first-order chi connectivity index (χ1) is 8.08. The first-order valence-electron chi connectivity index (χ1n) is 5.60. The van der Waals surface area contributed by atoms with Crippen LogP contribution in [-0.2, 0) is 6.54 Å². The van der Waals surface area contributed by atoms with Gasteiger partial charge in [-0.2, -0.15) is 0 Å². The molecule has 0 saturated carbocycles. The van der Waals surface area contributed by atoms with Crippen molar-refractivity contribution in [3.05, 3.63) is 47.5 Å². The predicted molar refractivity (Wildman–Crippen MR) is 67.5 cm³/mol. The Morgan fingerprint density at radius 3 is 2.47 bits per heavy atom. The van der Waals surface area contributed by atoms with Crippen molar-refractivity contribution in [3.63, 3.8) is 0 Å². The minimum atomic E-state index is -0.539. The van der Waals surface area contributed by atoms with E-state index in [0.717, 1.165) is 17.0 Å². The highest BCUT2D eigenvalue weighted by atomic mass is 16.3. The number of benzene rings is 1. The monoisotopic (exact) mass is 231 g/mol. The number of aliphatic hydroxyl groups is 1. The van der Waals surface area contributed by atoms with Gasteiger partial charge in [-0.3, -0.25) is 0 Å². The molecule has 2 rings (SSSR count). The first-order valence-corrected chi connectivity index (χ1v) is 5.60. The number of aryl methyl sites for hydroxylation is 1. The Morgan fingerprint density at radius 2 is 1.94 bits per heavy atom. The fraction of sp³-hybridized carbons (Fsp3) is 0.308. The fourth-order valence-corrected chi connectivity index (χ4v) is 1.74.